The van der Waals surface area contributed by atoms with Gasteiger partial charge >= 0.3 is 0 Å². The molecule has 0 aromatic heterocycles. The van der Waals surface area contributed by atoms with Gasteiger partial charge in [0, 0.05) is 23.5 Å². The van der Waals surface area contributed by atoms with Gasteiger partial charge in [0.1, 0.15) is 5.56 Å². The Morgan fingerprint density at radius 1 is 0.800 bits per heavy atom. The normalized spacial score (nSPS) is 10.2. The third kappa shape index (κ3) is 2.34. The number of rotatable bonds is 3. The molecule has 8 nitrogen and oxygen atoms in total. The molecule has 0 aliphatic heterocycles. The SMILES string of the molecule is Nc1ccc(-c2c([N+](=O)[O-])cc(N)cc2[N+](=O)[O-])cc1. The van der Waals surface area contributed by atoms with Gasteiger partial charge in [-0.05, 0) is 17.7 Å². The van der Waals surface area contributed by atoms with Gasteiger partial charge in [0.15, 0.2) is 0 Å². The van der Waals surface area contributed by atoms with Crippen molar-refractivity contribution in [3.05, 3.63) is 56.6 Å². The van der Waals surface area contributed by atoms with Gasteiger partial charge in [0.25, 0.3) is 11.4 Å². The van der Waals surface area contributed by atoms with E-state index in [9.17, 15) is 20.2 Å². The lowest BCUT2D eigenvalue weighted by Gasteiger charge is -2.06. The standard InChI is InChI=1S/C12H10N4O4/c13-8-3-1-7(2-4-8)12-10(15(17)18)5-9(14)6-11(12)16(19)20/h1-6H,13-14H2. The van der Waals surface area contributed by atoms with Crippen molar-refractivity contribution >= 4 is 22.7 Å². The number of nitrogens with zero attached hydrogens (tertiary/aromatic N) is 2. The maximum Gasteiger partial charge on any atom is 0.286 e. The molecule has 4 N–H and O–H groups in total. The van der Waals surface area contributed by atoms with E-state index in [-0.39, 0.29) is 11.3 Å². The van der Waals surface area contributed by atoms with Gasteiger partial charge in [0.05, 0.1) is 9.85 Å². The summed E-state index contributed by atoms with van der Waals surface area (Å²) >= 11 is 0. The molecule has 0 atom stereocenters. The highest BCUT2D eigenvalue weighted by atomic mass is 16.6. The Hall–Kier alpha value is -3.16. The molecule has 0 unspecified atom stereocenters. The zero-order chi connectivity index (χ0) is 14.9. The molecule has 102 valence electrons. The second-order valence-corrected chi connectivity index (χ2v) is 4.07. The minimum atomic E-state index is -0.699. The molecular weight excluding hydrogens is 264 g/mol. The molecule has 2 aromatic carbocycles. The first-order valence-electron chi connectivity index (χ1n) is 5.48. The molecule has 2 aromatic rings. The summed E-state index contributed by atoms with van der Waals surface area (Å²) in [5.74, 6) is 0. The first kappa shape index (κ1) is 13.3. The molecule has 20 heavy (non-hydrogen) atoms. The van der Waals surface area contributed by atoms with Gasteiger partial charge in [-0.3, -0.25) is 20.2 Å². The monoisotopic (exact) mass is 274 g/mol. The largest absolute Gasteiger partial charge is 0.399 e. The third-order valence-electron chi connectivity index (χ3n) is 2.71. The predicted molar refractivity (Wildman–Crippen MR) is 74.0 cm³/mol. The smallest absolute Gasteiger partial charge is 0.286 e. The van der Waals surface area contributed by atoms with Gasteiger partial charge in [-0.25, -0.2) is 0 Å². The summed E-state index contributed by atoms with van der Waals surface area (Å²) in [4.78, 5) is 20.8. The van der Waals surface area contributed by atoms with E-state index < -0.39 is 21.2 Å². The van der Waals surface area contributed by atoms with E-state index in [2.05, 4.69) is 0 Å². The number of hydrogen-bond acceptors (Lipinski definition) is 6. The first-order chi connectivity index (χ1) is 9.40. The molecule has 2 rings (SSSR count). The van der Waals surface area contributed by atoms with Crippen LogP contribution in [-0.4, -0.2) is 9.85 Å². The lowest BCUT2D eigenvalue weighted by atomic mass is 10.0. The van der Waals surface area contributed by atoms with Crippen molar-refractivity contribution in [3.63, 3.8) is 0 Å². The Labute approximate surface area is 112 Å². The molecule has 0 radical (unpaired) electrons. The number of anilines is 2. The van der Waals surface area contributed by atoms with Crippen molar-refractivity contribution < 1.29 is 9.85 Å². The van der Waals surface area contributed by atoms with E-state index in [1.165, 1.54) is 24.3 Å². The number of nitro benzene ring substituents is 2. The highest BCUT2D eigenvalue weighted by Crippen LogP contribution is 2.39. The Kier molecular flexibility index (Phi) is 3.21. The van der Waals surface area contributed by atoms with E-state index in [1.807, 2.05) is 0 Å². The number of nitro groups is 2. The second kappa shape index (κ2) is 4.84. The maximum atomic E-state index is 11.1. The summed E-state index contributed by atoms with van der Waals surface area (Å²) in [5.41, 5.74) is 10.8. The number of nitrogens with two attached hydrogens (primary N) is 2. The van der Waals surface area contributed by atoms with E-state index in [0.29, 0.717) is 11.3 Å². The van der Waals surface area contributed by atoms with Gasteiger partial charge in [0.2, 0.25) is 0 Å². The highest BCUT2D eigenvalue weighted by molar-refractivity contribution is 5.85. The van der Waals surface area contributed by atoms with E-state index in [1.54, 1.807) is 0 Å². The number of hydrogen-bond donors (Lipinski definition) is 2. The second-order valence-electron chi connectivity index (χ2n) is 4.07. The molecule has 8 heteroatoms. The van der Waals surface area contributed by atoms with Crippen LogP contribution in [0, 0.1) is 20.2 Å². The number of benzene rings is 2. The lowest BCUT2D eigenvalue weighted by molar-refractivity contribution is -0.392. The van der Waals surface area contributed by atoms with Crippen molar-refractivity contribution in [1.29, 1.82) is 0 Å². The van der Waals surface area contributed by atoms with E-state index >= 15 is 0 Å². The molecule has 0 aliphatic carbocycles. The fraction of sp³-hybridized carbons (Fsp3) is 0. The highest BCUT2D eigenvalue weighted by Gasteiger charge is 2.27. The first-order valence-corrected chi connectivity index (χ1v) is 5.48. The molecule has 0 saturated carbocycles. The van der Waals surface area contributed by atoms with Gasteiger partial charge in [-0.2, -0.15) is 0 Å². The quantitative estimate of drug-likeness (QED) is 0.500. The van der Waals surface area contributed by atoms with Gasteiger partial charge in [-0.1, -0.05) is 12.1 Å². The van der Waals surface area contributed by atoms with Crippen LogP contribution in [-0.2, 0) is 0 Å². The van der Waals surface area contributed by atoms with Crippen molar-refractivity contribution in [2.45, 2.75) is 0 Å². The zero-order valence-electron chi connectivity index (χ0n) is 10.1. The van der Waals surface area contributed by atoms with Crippen molar-refractivity contribution in [1.82, 2.24) is 0 Å². The van der Waals surface area contributed by atoms with Crippen molar-refractivity contribution in [2.24, 2.45) is 0 Å². The fourth-order valence-corrected chi connectivity index (χ4v) is 1.87. The third-order valence-corrected chi connectivity index (χ3v) is 2.71. The van der Waals surface area contributed by atoms with Crippen molar-refractivity contribution in [2.75, 3.05) is 11.5 Å². The van der Waals surface area contributed by atoms with Crippen molar-refractivity contribution in [3.8, 4) is 11.1 Å². The summed E-state index contributed by atoms with van der Waals surface area (Å²) in [6.45, 7) is 0. The Balaban J connectivity index is 2.80. The summed E-state index contributed by atoms with van der Waals surface area (Å²) in [6.07, 6.45) is 0. The molecule has 0 spiro atoms. The van der Waals surface area contributed by atoms with Crippen LogP contribution < -0.4 is 11.5 Å². The molecule has 0 aliphatic rings. The predicted octanol–water partition coefficient (Wildman–Crippen LogP) is 2.33. The van der Waals surface area contributed by atoms with E-state index in [4.69, 9.17) is 11.5 Å². The van der Waals surface area contributed by atoms with Gasteiger partial charge in [-0.15, -0.1) is 0 Å². The Morgan fingerprint density at radius 2 is 1.25 bits per heavy atom. The average Bonchev–Trinajstić information content (AvgIpc) is 2.38. The minimum absolute atomic E-state index is 0.0393. The summed E-state index contributed by atoms with van der Waals surface area (Å²) < 4.78 is 0. The fourth-order valence-electron chi connectivity index (χ4n) is 1.87. The Morgan fingerprint density at radius 3 is 1.65 bits per heavy atom. The van der Waals surface area contributed by atoms with Crippen LogP contribution in [0.2, 0.25) is 0 Å². The lowest BCUT2D eigenvalue weighted by Crippen LogP contribution is -2.00. The number of nitrogen functional groups attached to an aromatic ring is 2. The Bertz CT molecular complexity index is 662. The van der Waals surface area contributed by atoms with Crippen LogP contribution in [0.25, 0.3) is 11.1 Å². The zero-order valence-corrected chi connectivity index (χ0v) is 10.1. The van der Waals surface area contributed by atoms with Crippen LogP contribution in [0.15, 0.2) is 36.4 Å². The maximum absolute atomic E-state index is 11.1. The summed E-state index contributed by atoms with van der Waals surface area (Å²) in [6, 6.07) is 8.19. The van der Waals surface area contributed by atoms with Gasteiger partial charge < -0.3 is 11.5 Å². The van der Waals surface area contributed by atoms with Crippen LogP contribution in [0.4, 0.5) is 22.7 Å². The molecule has 0 bridgehead atoms. The van der Waals surface area contributed by atoms with Crippen LogP contribution >= 0.6 is 0 Å². The minimum Gasteiger partial charge on any atom is -0.399 e. The van der Waals surface area contributed by atoms with Crippen LogP contribution in [0.5, 0.6) is 0 Å². The molecular formula is C12H10N4O4. The molecule has 0 saturated heterocycles. The van der Waals surface area contributed by atoms with E-state index in [0.717, 1.165) is 12.1 Å². The summed E-state index contributed by atoms with van der Waals surface area (Å²) in [5, 5.41) is 22.2. The molecule has 0 fully saturated rings. The topological polar surface area (TPSA) is 138 Å². The molecule has 0 heterocycles. The average molecular weight is 274 g/mol. The van der Waals surface area contributed by atoms with Crippen LogP contribution in [0.3, 0.4) is 0 Å². The summed E-state index contributed by atoms with van der Waals surface area (Å²) in [7, 11) is 0. The van der Waals surface area contributed by atoms with Crippen LogP contribution in [0.1, 0.15) is 0 Å². The molecule has 0 amide bonds.